The second-order valence-electron chi connectivity index (χ2n) is 9.07. The molecule has 3 heterocycles. The molecule has 170 valence electrons. The monoisotopic (exact) mass is 438 g/mol. The number of aliphatic hydroxyl groups excluding tert-OH is 1. The van der Waals surface area contributed by atoms with Gasteiger partial charge in [0.05, 0.1) is 5.52 Å². The SMILES string of the molecule is CC(C)CCn1c(=O)c(F)cc2cnc(Nc3ccc(N4CCCC(CO)C4)cc3)cc21. The minimum absolute atomic E-state index is 0.232. The number of aryl methyl sites for hydroxylation is 1. The second-order valence-corrected chi connectivity index (χ2v) is 9.07. The van der Waals surface area contributed by atoms with Gasteiger partial charge in [0.1, 0.15) is 5.82 Å². The number of hydrogen-bond acceptors (Lipinski definition) is 5. The van der Waals surface area contributed by atoms with E-state index in [0.717, 1.165) is 43.7 Å². The van der Waals surface area contributed by atoms with Crippen molar-refractivity contribution >= 4 is 28.1 Å². The predicted molar refractivity (Wildman–Crippen MR) is 127 cm³/mol. The summed E-state index contributed by atoms with van der Waals surface area (Å²) < 4.78 is 15.6. The summed E-state index contributed by atoms with van der Waals surface area (Å²) in [5.41, 5.74) is 2.10. The number of rotatable bonds is 7. The highest BCUT2D eigenvalue weighted by molar-refractivity contribution is 5.81. The molecule has 1 saturated heterocycles. The first-order valence-corrected chi connectivity index (χ1v) is 11.4. The predicted octanol–water partition coefficient (Wildman–Crippen LogP) is 4.53. The summed E-state index contributed by atoms with van der Waals surface area (Å²) in [6.45, 7) is 6.74. The Labute approximate surface area is 187 Å². The molecular weight excluding hydrogens is 407 g/mol. The lowest BCUT2D eigenvalue weighted by Gasteiger charge is -2.33. The number of nitrogens with zero attached hydrogens (tertiary/aromatic N) is 3. The van der Waals surface area contributed by atoms with Crippen molar-refractivity contribution in [3.05, 3.63) is 58.8 Å². The van der Waals surface area contributed by atoms with Crippen LogP contribution < -0.4 is 15.8 Å². The molecule has 1 aromatic carbocycles. The number of aromatic nitrogens is 2. The molecule has 4 rings (SSSR count). The van der Waals surface area contributed by atoms with Crippen molar-refractivity contribution in [2.45, 2.75) is 39.7 Å². The van der Waals surface area contributed by atoms with Crippen LogP contribution in [0.4, 0.5) is 21.6 Å². The number of anilines is 3. The van der Waals surface area contributed by atoms with E-state index in [2.05, 4.69) is 41.2 Å². The fourth-order valence-corrected chi connectivity index (χ4v) is 4.27. The summed E-state index contributed by atoms with van der Waals surface area (Å²) in [6, 6.07) is 11.2. The van der Waals surface area contributed by atoms with Gasteiger partial charge in [-0.1, -0.05) is 13.8 Å². The largest absolute Gasteiger partial charge is 0.396 e. The summed E-state index contributed by atoms with van der Waals surface area (Å²) >= 11 is 0. The van der Waals surface area contributed by atoms with Crippen LogP contribution >= 0.6 is 0 Å². The molecule has 0 aliphatic carbocycles. The molecule has 0 amide bonds. The van der Waals surface area contributed by atoms with Crippen molar-refractivity contribution in [3.8, 4) is 0 Å². The van der Waals surface area contributed by atoms with Crippen LogP contribution in [-0.2, 0) is 6.54 Å². The molecule has 3 aromatic rings. The maximum atomic E-state index is 14.1. The average molecular weight is 439 g/mol. The molecule has 1 aliphatic rings. The van der Waals surface area contributed by atoms with Crippen LogP contribution in [0.5, 0.6) is 0 Å². The highest BCUT2D eigenvalue weighted by atomic mass is 19.1. The lowest BCUT2D eigenvalue weighted by molar-refractivity contribution is 0.209. The first kappa shape index (κ1) is 22.3. The van der Waals surface area contributed by atoms with Crippen LogP contribution in [0.3, 0.4) is 0 Å². The van der Waals surface area contributed by atoms with E-state index in [9.17, 15) is 14.3 Å². The molecule has 0 spiro atoms. The van der Waals surface area contributed by atoms with Gasteiger partial charge < -0.3 is 19.9 Å². The molecule has 1 atom stereocenters. The summed E-state index contributed by atoms with van der Waals surface area (Å²) in [7, 11) is 0. The summed E-state index contributed by atoms with van der Waals surface area (Å²) in [4.78, 5) is 19.1. The number of hydrogen-bond donors (Lipinski definition) is 2. The Morgan fingerprint density at radius 2 is 2.03 bits per heavy atom. The van der Waals surface area contributed by atoms with Gasteiger partial charge in [-0.15, -0.1) is 0 Å². The van der Waals surface area contributed by atoms with Crippen molar-refractivity contribution in [1.29, 1.82) is 0 Å². The lowest BCUT2D eigenvalue weighted by Crippen LogP contribution is -2.36. The number of fused-ring (bicyclic) bond motifs is 1. The van der Waals surface area contributed by atoms with E-state index >= 15 is 0 Å². The van der Waals surface area contributed by atoms with Crippen LogP contribution in [0.1, 0.15) is 33.1 Å². The third-order valence-corrected chi connectivity index (χ3v) is 6.15. The van der Waals surface area contributed by atoms with Gasteiger partial charge in [-0.2, -0.15) is 0 Å². The minimum Gasteiger partial charge on any atom is -0.396 e. The van der Waals surface area contributed by atoms with E-state index in [1.807, 2.05) is 12.1 Å². The molecule has 1 aliphatic heterocycles. The third-order valence-electron chi connectivity index (χ3n) is 6.15. The minimum atomic E-state index is -0.750. The van der Waals surface area contributed by atoms with Gasteiger partial charge in [0.2, 0.25) is 0 Å². The van der Waals surface area contributed by atoms with Crippen molar-refractivity contribution in [2.24, 2.45) is 11.8 Å². The zero-order valence-electron chi connectivity index (χ0n) is 18.7. The van der Waals surface area contributed by atoms with Gasteiger partial charge in [0, 0.05) is 55.3 Å². The highest BCUT2D eigenvalue weighted by Gasteiger charge is 2.19. The molecule has 6 nitrogen and oxygen atoms in total. The smallest absolute Gasteiger partial charge is 0.287 e. The van der Waals surface area contributed by atoms with Gasteiger partial charge in [-0.25, -0.2) is 9.37 Å². The molecule has 2 aromatic heterocycles. The summed E-state index contributed by atoms with van der Waals surface area (Å²) in [6.07, 6.45) is 4.56. The van der Waals surface area contributed by atoms with Crippen molar-refractivity contribution in [1.82, 2.24) is 9.55 Å². The first-order chi connectivity index (χ1) is 15.4. The Morgan fingerprint density at radius 1 is 1.25 bits per heavy atom. The molecule has 7 heteroatoms. The van der Waals surface area contributed by atoms with Crippen LogP contribution in [0.2, 0.25) is 0 Å². The molecule has 0 saturated carbocycles. The van der Waals surface area contributed by atoms with E-state index in [0.29, 0.717) is 35.1 Å². The van der Waals surface area contributed by atoms with E-state index in [-0.39, 0.29) is 6.61 Å². The van der Waals surface area contributed by atoms with E-state index in [4.69, 9.17) is 0 Å². The molecule has 2 N–H and O–H groups in total. The lowest BCUT2D eigenvalue weighted by atomic mass is 9.98. The number of nitrogens with one attached hydrogen (secondary N) is 1. The van der Waals surface area contributed by atoms with Crippen molar-refractivity contribution in [2.75, 3.05) is 29.9 Å². The molecular formula is C25H31FN4O2. The van der Waals surface area contributed by atoms with Crippen LogP contribution in [-0.4, -0.2) is 34.4 Å². The number of pyridine rings is 2. The summed E-state index contributed by atoms with van der Waals surface area (Å²) in [5.74, 6) is 0.598. The second kappa shape index (κ2) is 9.69. The normalized spacial score (nSPS) is 16.7. The molecule has 0 bridgehead atoms. The van der Waals surface area contributed by atoms with E-state index in [1.165, 1.54) is 10.6 Å². The van der Waals surface area contributed by atoms with Gasteiger partial charge in [0.15, 0.2) is 5.82 Å². The first-order valence-electron chi connectivity index (χ1n) is 11.4. The zero-order chi connectivity index (χ0) is 22.7. The standard InChI is InChI=1S/C25H31FN4O2/c1-17(2)9-11-30-23-13-24(27-14-19(23)12-22(26)25(30)32)28-20-5-7-21(8-6-20)29-10-3-4-18(15-29)16-31/h5-8,12-14,17-18,31H,3-4,9-11,15-16H2,1-2H3,(H,27,28). The fraction of sp³-hybridized carbons (Fsp3) is 0.440. The van der Waals surface area contributed by atoms with Crippen LogP contribution in [0.25, 0.3) is 10.9 Å². The maximum absolute atomic E-state index is 14.1. The van der Waals surface area contributed by atoms with Gasteiger partial charge in [0.25, 0.3) is 5.56 Å². The van der Waals surface area contributed by atoms with Crippen LogP contribution in [0, 0.1) is 17.7 Å². The Bertz CT molecular complexity index is 1130. The number of aliphatic hydroxyl groups is 1. The topological polar surface area (TPSA) is 70.4 Å². The Hall–Kier alpha value is -2.93. The molecule has 1 unspecified atom stereocenters. The van der Waals surface area contributed by atoms with E-state index < -0.39 is 11.4 Å². The van der Waals surface area contributed by atoms with E-state index in [1.54, 1.807) is 12.3 Å². The maximum Gasteiger partial charge on any atom is 0.287 e. The highest BCUT2D eigenvalue weighted by Crippen LogP contribution is 2.26. The van der Waals surface area contributed by atoms with Gasteiger partial charge >= 0.3 is 0 Å². The zero-order valence-corrected chi connectivity index (χ0v) is 18.7. The Kier molecular flexibility index (Phi) is 6.74. The molecule has 1 fully saturated rings. The Balaban J connectivity index is 1.55. The average Bonchev–Trinajstić information content (AvgIpc) is 2.80. The van der Waals surface area contributed by atoms with Gasteiger partial charge in [-0.3, -0.25) is 4.79 Å². The fourth-order valence-electron chi connectivity index (χ4n) is 4.27. The quantitative estimate of drug-likeness (QED) is 0.567. The Morgan fingerprint density at radius 3 is 2.75 bits per heavy atom. The number of benzene rings is 1. The van der Waals surface area contributed by atoms with Crippen molar-refractivity contribution < 1.29 is 9.50 Å². The number of piperidine rings is 1. The molecule has 0 radical (unpaired) electrons. The summed E-state index contributed by atoms with van der Waals surface area (Å²) in [5, 5.41) is 13.4. The third kappa shape index (κ3) is 4.93. The molecule has 32 heavy (non-hydrogen) atoms. The van der Waals surface area contributed by atoms with Crippen LogP contribution in [0.15, 0.2) is 47.4 Å². The van der Waals surface area contributed by atoms with Gasteiger partial charge in [-0.05, 0) is 61.4 Å². The number of halogens is 1. The van der Waals surface area contributed by atoms with Crippen molar-refractivity contribution in [3.63, 3.8) is 0 Å².